The van der Waals surface area contributed by atoms with Gasteiger partial charge in [-0.1, -0.05) is 30.3 Å². The number of thiophene rings is 1. The van der Waals surface area contributed by atoms with Crippen molar-refractivity contribution in [1.29, 1.82) is 0 Å². The van der Waals surface area contributed by atoms with Crippen molar-refractivity contribution >= 4 is 28.2 Å². The molecule has 1 aliphatic rings. The van der Waals surface area contributed by atoms with E-state index < -0.39 is 0 Å². The standard InChI is InChI=1S/C26H28N2O3S/c1-16-12-20(13-17(2)18(16)3)24(29)23-21-10-11-28(14-22(21)32-25(23)27-4)26(30)31-15-19-8-6-5-7-9-19/h5-9,12-13,27H,10-11,14-15H2,1-4H3. The maximum atomic E-state index is 13.5. The average molecular weight is 449 g/mol. The summed E-state index contributed by atoms with van der Waals surface area (Å²) in [4.78, 5) is 28.9. The lowest BCUT2D eigenvalue weighted by molar-refractivity contribution is 0.0923. The summed E-state index contributed by atoms with van der Waals surface area (Å²) in [5.41, 5.74) is 6.93. The molecule has 3 aromatic rings. The second-order valence-electron chi connectivity index (χ2n) is 8.23. The molecule has 2 aromatic carbocycles. The van der Waals surface area contributed by atoms with E-state index in [4.69, 9.17) is 4.74 Å². The van der Waals surface area contributed by atoms with E-state index in [0.717, 1.165) is 37.7 Å². The van der Waals surface area contributed by atoms with E-state index in [2.05, 4.69) is 12.2 Å². The Morgan fingerprint density at radius 1 is 1.09 bits per heavy atom. The molecule has 0 aliphatic carbocycles. The Balaban J connectivity index is 1.55. The number of nitrogens with zero attached hydrogens (tertiary/aromatic N) is 1. The van der Waals surface area contributed by atoms with Gasteiger partial charge in [0.05, 0.1) is 17.1 Å². The number of benzene rings is 2. The van der Waals surface area contributed by atoms with Crippen LogP contribution in [0, 0.1) is 20.8 Å². The molecule has 5 nitrogen and oxygen atoms in total. The van der Waals surface area contributed by atoms with Crippen molar-refractivity contribution in [3.05, 3.63) is 86.3 Å². The van der Waals surface area contributed by atoms with Crippen molar-refractivity contribution in [3.63, 3.8) is 0 Å². The van der Waals surface area contributed by atoms with Gasteiger partial charge in [0, 0.05) is 24.0 Å². The topological polar surface area (TPSA) is 58.6 Å². The van der Waals surface area contributed by atoms with E-state index in [0.29, 0.717) is 25.1 Å². The van der Waals surface area contributed by atoms with E-state index in [9.17, 15) is 9.59 Å². The van der Waals surface area contributed by atoms with Crippen LogP contribution in [0.25, 0.3) is 0 Å². The Kier molecular flexibility index (Phi) is 6.33. The van der Waals surface area contributed by atoms with Crippen LogP contribution >= 0.6 is 11.3 Å². The van der Waals surface area contributed by atoms with Crippen molar-refractivity contribution in [3.8, 4) is 0 Å². The van der Waals surface area contributed by atoms with Crippen LogP contribution in [0.1, 0.15) is 48.6 Å². The van der Waals surface area contributed by atoms with Gasteiger partial charge in [-0.2, -0.15) is 0 Å². The molecule has 0 saturated heterocycles. The van der Waals surface area contributed by atoms with E-state index in [1.165, 1.54) is 5.56 Å². The van der Waals surface area contributed by atoms with Crippen molar-refractivity contribution in [1.82, 2.24) is 4.90 Å². The summed E-state index contributed by atoms with van der Waals surface area (Å²) < 4.78 is 5.51. The first kappa shape index (κ1) is 22.1. The Labute approximate surface area is 193 Å². The summed E-state index contributed by atoms with van der Waals surface area (Å²) in [6.07, 6.45) is 0.315. The van der Waals surface area contributed by atoms with E-state index in [1.807, 2.05) is 63.4 Å². The average Bonchev–Trinajstić information content (AvgIpc) is 3.18. The molecule has 1 amide bonds. The molecule has 0 unspecified atom stereocenters. The first-order valence-electron chi connectivity index (χ1n) is 10.8. The minimum atomic E-state index is -0.323. The van der Waals surface area contributed by atoms with Gasteiger partial charge < -0.3 is 15.0 Å². The number of ketones is 1. The minimum Gasteiger partial charge on any atom is -0.445 e. The number of carbonyl (C=O) groups excluding carboxylic acids is 2. The number of anilines is 1. The van der Waals surface area contributed by atoms with Crippen LogP contribution in [0.3, 0.4) is 0 Å². The van der Waals surface area contributed by atoms with Gasteiger partial charge in [-0.15, -0.1) is 11.3 Å². The highest BCUT2D eigenvalue weighted by Crippen LogP contribution is 2.38. The van der Waals surface area contributed by atoms with Crippen molar-refractivity contribution < 1.29 is 14.3 Å². The number of fused-ring (bicyclic) bond motifs is 1. The van der Waals surface area contributed by atoms with Crippen LogP contribution in [0.5, 0.6) is 0 Å². The van der Waals surface area contributed by atoms with Gasteiger partial charge >= 0.3 is 6.09 Å². The number of aryl methyl sites for hydroxylation is 2. The Bertz CT molecular complexity index is 1140. The Hall–Kier alpha value is -3.12. The number of nitrogens with one attached hydrogen (secondary N) is 1. The van der Waals surface area contributed by atoms with Crippen LogP contribution in [0.15, 0.2) is 42.5 Å². The summed E-state index contributed by atoms with van der Waals surface area (Å²) >= 11 is 1.55. The van der Waals surface area contributed by atoms with Crippen LogP contribution in [-0.4, -0.2) is 30.4 Å². The lowest BCUT2D eigenvalue weighted by Gasteiger charge is -2.26. The molecular weight excluding hydrogens is 420 g/mol. The normalized spacial score (nSPS) is 12.9. The summed E-state index contributed by atoms with van der Waals surface area (Å²) in [6.45, 7) is 7.41. The van der Waals surface area contributed by atoms with Crippen molar-refractivity contribution in [2.24, 2.45) is 0 Å². The number of rotatable bonds is 5. The van der Waals surface area contributed by atoms with Crippen LogP contribution in [0.2, 0.25) is 0 Å². The highest BCUT2D eigenvalue weighted by Gasteiger charge is 2.30. The lowest BCUT2D eigenvalue weighted by atomic mass is 9.93. The van der Waals surface area contributed by atoms with Crippen molar-refractivity contribution in [2.75, 3.05) is 18.9 Å². The second-order valence-corrected chi connectivity index (χ2v) is 9.34. The molecule has 1 N–H and O–H groups in total. The summed E-state index contributed by atoms with van der Waals surface area (Å²) in [5.74, 6) is 0.0400. The quantitative estimate of drug-likeness (QED) is 0.513. The molecule has 2 heterocycles. The molecule has 0 fully saturated rings. The van der Waals surface area contributed by atoms with Crippen LogP contribution in [0.4, 0.5) is 9.80 Å². The van der Waals surface area contributed by atoms with Gasteiger partial charge in [0.15, 0.2) is 5.78 Å². The molecule has 0 spiro atoms. The first-order valence-corrected chi connectivity index (χ1v) is 11.6. The molecule has 6 heteroatoms. The highest BCUT2D eigenvalue weighted by molar-refractivity contribution is 7.16. The molecule has 4 rings (SSSR count). The zero-order chi connectivity index (χ0) is 22.8. The largest absolute Gasteiger partial charge is 0.445 e. The van der Waals surface area contributed by atoms with Gasteiger partial charge in [0.25, 0.3) is 0 Å². The third-order valence-electron chi connectivity index (χ3n) is 6.16. The van der Waals surface area contributed by atoms with Gasteiger partial charge in [0.1, 0.15) is 6.61 Å². The second kappa shape index (κ2) is 9.17. The maximum Gasteiger partial charge on any atom is 0.410 e. The smallest absolute Gasteiger partial charge is 0.410 e. The molecule has 0 atom stereocenters. The number of hydrogen-bond donors (Lipinski definition) is 1. The van der Waals surface area contributed by atoms with Gasteiger partial charge in [-0.05, 0) is 67.1 Å². The molecule has 0 saturated carbocycles. The monoisotopic (exact) mass is 448 g/mol. The van der Waals surface area contributed by atoms with E-state index >= 15 is 0 Å². The maximum absolute atomic E-state index is 13.5. The predicted molar refractivity (Wildman–Crippen MR) is 129 cm³/mol. The van der Waals surface area contributed by atoms with Gasteiger partial charge in [-0.25, -0.2) is 4.79 Å². The van der Waals surface area contributed by atoms with Crippen LogP contribution in [-0.2, 0) is 24.3 Å². The summed E-state index contributed by atoms with van der Waals surface area (Å²) in [6, 6.07) is 13.6. The predicted octanol–water partition coefficient (Wildman–Crippen LogP) is 5.64. The third kappa shape index (κ3) is 4.28. The fraction of sp³-hybridized carbons (Fsp3) is 0.308. The molecular formula is C26H28N2O3S. The molecule has 32 heavy (non-hydrogen) atoms. The zero-order valence-corrected chi connectivity index (χ0v) is 19.8. The molecule has 1 aliphatic heterocycles. The minimum absolute atomic E-state index is 0.0400. The highest BCUT2D eigenvalue weighted by atomic mass is 32.1. The zero-order valence-electron chi connectivity index (χ0n) is 19.0. The number of ether oxygens (including phenoxy) is 1. The molecule has 1 aromatic heterocycles. The van der Waals surface area contributed by atoms with Crippen LogP contribution < -0.4 is 5.32 Å². The van der Waals surface area contributed by atoms with Gasteiger partial charge in [0.2, 0.25) is 0 Å². The van der Waals surface area contributed by atoms with E-state index in [1.54, 1.807) is 16.2 Å². The first-order chi connectivity index (χ1) is 15.4. The van der Waals surface area contributed by atoms with Crippen molar-refractivity contribution in [2.45, 2.75) is 40.3 Å². The number of carbonyl (C=O) groups is 2. The van der Waals surface area contributed by atoms with Gasteiger partial charge in [-0.3, -0.25) is 4.79 Å². The molecule has 0 bridgehead atoms. The van der Waals surface area contributed by atoms with E-state index in [-0.39, 0.29) is 18.5 Å². The summed E-state index contributed by atoms with van der Waals surface area (Å²) in [5, 5.41) is 4.05. The third-order valence-corrected chi connectivity index (χ3v) is 7.40. The summed E-state index contributed by atoms with van der Waals surface area (Å²) in [7, 11) is 1.84. The Morgan fingerprint density at radius 3 is 2.44 bits per heavy atom. The number of amides is 1. The lowest BCUT2D eigenvalue weighted by Crippen LogP contribution is -2.36. The number of hydrogen-bond acceptors (Lipinski definition) is 5. The fourth-order valence-corrected chi connectivity index (χ4v) is 5.31. The molecule has 0 radical (unpaired) electrons. The Morgan fingerprint density at radius 2 is 1.78 bits per heavy atom. The molecule has 166 valence electrons. The fourth-order valence-electron chi connectivity index (χ4n) is 4.10. The SMILES string of the molecule is CNc1sc2c(c1C(=O)c1cc(C)c(C)c(C)c1)CCN(C(=O)OCc1ccccc1)C2.